The Bertz CT molecular complexity index is 822. The van der Waals surface area contributed by atoms with Crippen LogP contribution in [0.25, 0.3) is 10.8 Å². The number of hydrogen-bond donors (Lipinski definition) is 0. The van der Waals surface area contributed by atoms with Crippen molar-refractivity contribution in [3.05, 3.63) is 36.4 Å². The molecule has 0 spiro atoms. The van der Waals surface area contributed by atoms with Crippen molar-refractivity contribution in [2.75, 3.05) is 0 Å². The second-order valence-electron chi connectivity index (χ2n) is 5.75. The summed E-state index contributed by atoms with van der Waals surface area (Å²) in [6, 6.07) is 8.90. The Balaban J connectivity index is 2.34. The highest BCUT2D eigenvalue weighted by molar-refractivity contribution is 7.85. The highest BCUT2D eigenvalue weighted by Crippen LogP contribution is 2.27. The first-order chi connectivity index (χ1) is 10.1. The van der Waals surface area contributed by atoms with E-state index < -0.39 is 15.5 Å². The van der Waals surface area contributed by atoms with E-state index >= 15 is 0 Å². The lowest BCUT2D eigenvalue weighted by Crippen LogP contribution is -2.28. The van der Waals surface area contributed by atoms with Gasteiger partial charge < -0.3 is 9.29 Å². The van der Waals surface area contributed by atoms with E-state index in [1.54, 1.807) is 18.2 Å². The van der Waals surface area contributed by atoms with E-state index in [0.29, 0.717) is 22.9 Å². The van der Waals surface area contributed by atoms with Gasteiger partial charge in [0, 0.05) is 0 Å². The number of ether oxygens (including phenoxy) is 1. The summed E-state index contributed by atoms with van der Waals surface area (Å²) < 4.78 is 38.4. The summed E-state index contributed by atoms with van der Waals surface area (Å²) in [4.78, 5) is 11.8. The third kappa shape index (κ3) is 3.45. The molecule has 0 N–H and O–H groups in total. The zero-order chi connectivity index (χ0) is 16.5. The van der Waals surface area contributed by atoms with Crippen molar-refractivity contribution in [2.45, 2.75) is 32.1 Å². The van der Waals surface area contributed by atoms with E-state index in [4.69, 9.17) is 4.74 Å². The van der Waals surface area contributed by atoms with Gasteiger partial charge >= 0.3 is 5.97 Å². The predicted molar refractivity (Wildman–Crippen MR) is 81.6 cm³/mol. The normalized spacial score (nSPS) is 12.4. The van der Waals surface area contributed by atoms with Gasteiger partial charge in [0.15, 0.2) is 0 Å². The summed E-state index contributed by atoms with van der Waals surface area (Å²) in [5, 5.41) is 1.28. The van der Waals surface area contributed by atoms with Crippen LogP contribution in [-0.4, -0.2) is 18.9 Å². The molecule has 2 aromatic carbocycles. The van der Waals surface area contributed by atoms with Gasteiger partial charge in [-0.2, -0.15) is 0 Å². The molecular weight excluding hydrogens is 304 g/mol. The minimum Gasteiger partial charge on any atom is -0.744 e. The third-order valence-corrected chi connectivity index (χ3v) is 4.55. The first-order valence-corrected chi connectivity index (χ1v) is 8.26. The molecule has 0 aliphatic heterocycles. The summed E-state index contributed by atoms with van der Waals surface area (Å²) in [6.07, 6.45) is 0.657. The highest BCUT2D eigenvalue weighted by atomic mass is 32.2. The largest absolute Gasteiger partial charge is 0.744 e. The smallest absolute Gasteiger partial charge is 0.316 e. The van der Waals surface area contributed by atoms with E-state index in [1.807, 2.05) is 20.8 Å². The molecule has 0 bridgehead atoms. The molecule has 6 heteroatoms. The van der Waals surface area contributed by atoms with Gasteiger partial charge in [0.25, 0.3) is 0 Å². The summed E-state index contributed by atoms with van der Waals surface area (Å²) in [5.74, 6) is 0.0601. The first kappa shape index (κ1) is 16.5. The average Bonchev–Trinajstić information content (AvgIpc) is 2.45. The number of carbonyl (C=O) groups is 1. The maximum absolute atomic E-state index is 12.0. The van der Waals surface area contributed by atoms with Crippen LogP contribution in [0.3, 0.4) is 0 Å². The number of carbonyl (C=O) groups excluding carboxylic acids is 1. The second-order valence-corrected chi connectivity index (χ2v) is 7.13. The van der Waals surface area contributed by atoms with E-state index in [-0.39, 0.29) is 10.9 Å². The van der Waals surface area contributed by atoms with Crippen molar-refractivity contribution in [1.82, 2.24) is 0 Å². The number of hydrogen-bond acceptors (Lipinski definition) is 5. The standard InChI is InChI=1S/C16H18O5S/c1-4-16(2,3)15(17)21-13-7-5-12-10-14(22(18,19)20)8-6-11(12)9-13/h5-10H,4H2,1-3H3,(H,18,19,20)/p-1. The molecule has 0 aromatic heterocycles. The molecule has 0 fully saturated rings. The molecule has 2 rings (SSSR count). The monoisotopic (exact) mass is 321 g/mol. The number of esters is 1. The maximum atomic E-state index is 12.0. The quantitative estimate of drug-likeness (QED) is 0.491. The van der Waals surface area contributed by atoms with Crippen molar-refractivity contribution in [3.63, 3.8) is 0 Å². The van der Waals surface area contributed by atoms with Gasteiger partial charge in [0.2, 0.25) is 0 Å². The molecule has 0 saturated carbocycles. The molecular formula is C16H17O5S-. The number of rotatable bonds is 4. The third-order valence-electron chi connectivity index (χ3n) is 3.72. The molecule has 2 aromatic rings. The lowest BCUT2D eigenvalue weighted by molar-refractivity contribution is -0.144. The molecule has 0 amide bonds. The van der Waals surface area contributed by atoms with Gasteiger partial charge in [-0.1, -0.05) is 19.1 Å². The van der Waals surface area contributed by atoms with Gasteiger partial charge in [-0.05, 0) is 55.3 Å². The van der Waals surface area contributed by atoms with Crippen LogP contribution in [0.4, 0.5) is 0 Å². The zero-order valence-electron chi connectivity index (χ0n) is 12.6. The lowest BCUT2D eigenvalue weighted by Gasteiger charge is -2.20. The number of benzene rings is 2. The van der Waals surface area contributed by atoms with Gasteiger partial charge in [-0.3, -0.25) is 4.79 Å². The Kier molecular flexibility index (Phi) is 4.26. The van der Waals surface area contributed by atoms with Crippen molar-refractivity contribution in [3.8, 4) is 5.75 Å². The fraction of sp³-hybridized carbons (Fsp3) is 0.312. The van der Waals surface area contributed by atoms with Crippen LogP contribution in [0.15, 0.2) is 41.3 Å². The highest BCUT2D eigenvalue weighted by Gasteiger charge is 2.27. The fourth-order valence-electron chi connectivity index (χ4n) is 1.81. The molecule has 22 heavy (non-hydrogen) atoms. The van der Waals surface area contributed by atoms with Crippen LogP contribution < -0.4 is 4.74 Å². The first-order valence-electron chi connectivity index (χ1n) is 6.85. The van der Waals surface area contributed by atoms with Crippen LogP contribution >= 0.6 is 0 Å². The van der Waals surface area contributed by atoms with E-state index in [9.17, 15) is 17.8 Å². The summed E-state index contributed by atoms with van der Waals surface area (Å²) in [5.41, 5.74) is -0.574. The molecule has 118 valence electrons. The summed E-state index contributed by atoms with van der Waals surface area (Å²) >= 11 is 0. The lowest BCUT2D eigenvalue weighted by atomic mass is 9.91. The van der Waals surface area contributed by atoms with Crippen molar-refractivity contribution in [1.29, 1.82) is 0 Å². The van der Waals surface area contributed by atoms with Gasteiger partial charge in [0.1, 0.15) is 15.9 Å². The molecule has 0 unspecified atom stereocenters. The Morgan fingerprint density at radius 1 is 1.14 bits per heavy atom. The zero-order valence-corrected chi connectivity index (χ0v) is 13.4. The minimum absolute atomic E-state index is 0.281. The maximum Gasteiger partial charge on any atom is 0.316 e. The van der Waals surface area contributed by atoms with Crippen molar-refractivity contribution in [2.24, 2.45) is 5.41 Å². The van der Waals surface area contributed by atoms with Crippen LogP contribution in [0.1, 0.15) is 27.2 Å². The van der Waals surface area contributed by atoms with E-state index in [2.05, 4.69) is 0 Å². The van der Waals surface area contributed by atoms with Crippen molar-refractivity contribution >= 4 is 26.9 Å². The Labute approximate surface area is 129 Å². The SMILES string of the molecule is CCC(C)(C)C(=O)Oc1ccc2cc(S(=O)(=O)[O-])ccc2c1. The predicted octanol–water partition coefficient (Wildman–Crippen LogP) is 3.09. The molecule has 0 heterocycles. The Morgan fingerprint density at radius 3 is 2.32 bits per heavy atom. The Hall–Kier alpha value is -1.92. The fourth-order valence-corrected chi connectivity index (χ4v) is 2.32. The van der Waals surface area contributed by atoms with Gasteiger partial charge in [0.05, 0.1) is 10.3 Å². The topological polar surface area (TPSA) is 83.5 Å². The van der Waals surface area contributed by atoms with E-state index in [0.717, 1.165) is 0 Å². The molecule has 0 aliphatic carbocycles. The minimum atomic E-state index is -4.48. The second kappa shape index (κ2) is 5.70. The van der Waals surface area contributed by atoms with E-state index in [1.165, 1.54) is 18.2 Å². The molecule has 0 aliphatic rings. The van der Waals surface area contributed by atoms with Crippen LogP contribution in [-0.2, 0) is 14.9 Å². The number of fused-ring (bicyclic) bond motifs is 1. The Morgan fingerprint density at radius 2 is 1.73 bits per heavy atom. The molecule has 0 atom stereocenters. The summed E-state index contributed by atoms with van der Waals surface area (Å²) in [6.45, 7) is 5.52. The van der Waals surface area contributed by atoms with Gasteiger partial charge in [-0.15, -0.1) is 0 Å². The molecule has 5 nitrogen and oxygen atoms in total. The molecule has 0 radical (unpaired) electrons. The average molecular weight is 321 g/mol. The van der Waals surface area contributed by atoms with Crippen LogP contribution in [0, 0.1) is 5.41 Å². The van der Waals surface area contributed by atoms with Crippen LogP contribution in [0.5, 0.6) is 5.75 Å². The summed E-state index contributed by atoms with van der Waals surface area (Å²) in [7, 11) is -4.48. The van der Waals surface area contributed by atoms with Gasteiger partial charge in [-0.25, -0.2) is 8.42 Å². The molecule has 0 saturated heterocycles. The van der Waals surface area contributed by atoms with Crippen LogP contribution in [0.2, 0.25) is 0 Å². The van der Waals surface area contributed by atoms with Crippen molar-refractivity contribution < 1.29 is 22.5 Å².